The summed E-state index contributed by atoms with van der Waals surface area (Å²) in [7, 11) is -3.69. The maximum absolute atomic E-state index is 12.7. The van der Waals surface area contributed by atoms with Gasteiger partial charge in [-0.05, 0) is 68.0 Å². The Hall–Kier alpha value is -3.69. The molecule has 40 heavy (non-hydrogen) atoms. The summed E-state index contributed by atoms with van der Waals surface area (Å²) in [4.78, 5) is 16.3. The van der Waals surface area contributed by atoms with Crippen LogP contribution in [0, 0.1) is 5.92 Å². The number of sulfonamides is 1. The van der Waals surface area contributed by atoms with Crippen molar-refractivity contribution in [1.82, 2.24) is 9.80 Å². The lowest BCUT2D eigenvalue weighted by molar-refractivity contribution is -0.00652. The fraction of sp³-hybridized carbons (Fsp3) is 0.355. The van der Waals surface area contributed by atoms with E-state index in [0.717, 1.165) is 17.4 Å². The Balaban J connectivity index is 1.54. The van der Waals surface area contributed by atoms with E-state index in [1.165, 1.54) is 0 Å². The minimum atomic E-state index is -3.69. The van der Waals surface area contributed by atoms with Crippen molar-refractivity contribution < 1.29 is 18.3 Å². The third-order valence-corrected chi connectivity index (χ3v) is 8.01. The van der Waals surface area contributed by atoms with Gasteiger partial charge in [-0.3, -0.25) is 4.79 Å². The topological polar surface area (TPSA) is 102 Å². The predicted octanol–water partition coefficient (Wildman–Crippen LogP) is 4.54. The molecule has 212 valence electrons. The first-order valence-corrected chi connectivity index (χ1v) is 15.5. The highest BCUT2D eigenvalue weighted by Crippen LogP contribution is 2.42. The Morgan fingerprint density at radius 1 is 0.925 bits per heavy atom. The Kier molecular flexibility index (Phi) is 9.27. The number of nitrogens with one attached hydrogen (secondary N) is 1. The maximum Gasteiger partial charge on any atom is 0.253 e. The number of carbonyl (C=O) groups excluding carboxylic acids is 1. The van der Waals surface area contributed by atoms with Gasteiger partial charge in [-0.25, -0.2) is 8.42 Å². The van der Waals surface area contributed by atoms with Crippen molar-refractivity contribution in [3.8, 4) is 0 Å². The zero-order chi connectivity index (χ0) is 28.8. The van der Waals surface area contributed by atoms with Crippen molar-refractivity contribution in [1.29, 1.82) is 0 Å². The van der Waals surface area contributed by atoms with Gasteiger partial charge in [0.2, 0.25) is 5.96 Å². The average Bonchev–Trinajstić information content (AvgIpc) is 2.97. The SMILES string of the molecule is CCN(CC)C(=O)c1ccc(N/C(=N/S(C)(=O)=O)N2CCC(C(O)(c3ccccc3)c3ccccc3)CC2)cc1. The van der Waals surface area contributed by atoms with Crippen molar-refractivity contribution >= 4 is 27.6 Å². The molecule has 0 atom stereocenters. The van der Waals surface area contributed by atoms with E-state index >= 15 is 0 Å². The Morgan fingerprint density at radius 3 is 1.88 bits per heavy atom. The van der Waals surface area contributed by atoms with Crippen molar-refractivity contribution in [3.63, 3.8) is 0 Å². The van der Waals surface area contributed by atoms with Crippen LogP contribution in [0.2, 0.25) is 0 Å². The van der Waals surface area contributed by atoms with E-state index in [4.69, 9.17) is 0 Å². The summed E-state index contributed by atoms with van der Waals surface area (Å²) in [6.07, 6.45) is 2.32. The molecule has 1 aliphatic heterocycles. The summed E-state index contributed by atoms with van der Waals surface area (Å²) >= 11 is 0. The van der Waals surface area contributed by atoms with Gasteiger partial charge in [0.15, 0.2) is 0 Å². The molecule has 0 spiro atoms. The molecule has 0 unspecified atom stereocenters. The maximum atomic E-state index is 12.7. The number of anilines is 1. The smallest absolute Gasteiger partial charge is 0.253 e. The van der Waals surface area contributed by atoms with Gasteiger partial charge < -0.3 is 20.2 Å². The number of aliphatic hydroxyl groups is 1. The minimum Gasteiger partial charge on any atom is -0.380 e. The lowest BCUT2D eigenvalue weighted by atomic mass is 9.72. The van der Waals surface area contributed by atoms with Crippen LogP contribution < -0.4 is 5.32 Å². The van der Waals surface area contributed by atoms with Crippen LogP contribution in [0.1, 0.15) is 48.2 Å². The predicted molar refractivity (Wildman–Crippen MR) is 160 cm³/mol. The molecular formula is C31H38N4O4S. The summed E-state index contributed by atoms with van der Waals surface area (Å²) in [6.45, 7) is 6.14. The normalized spacial score (nSPS) is 15.1. The Bertz CT molecular complexity index is 1360. The fourth-order valence-electron chi connectivity index (χ4n) is 5.37. The van der Waals surface area contributed by atoms with Crippen LogP contribution in [0.15, 0.2) is 89.3 Å². The highest BCUT2D eigenvalue weighted by Gasteiger charge is 2.42. The van der Waals surface area contributed by atoms with Crippen LogP contribution in [-0.2, 0) is 15.6 Å². The summed E-state index contributed by atoms with van der Waals surface area (Å²) in [5, 5.41) is 15.3. The van der Waals surface area contributed by atoms with E-state index in [0.29, 0.717) is 50.3 Å². The van der Waals surface area contributed by atoms with Gasteiger partial charge in [0.25, 0.3) is 15.9 Å². The number of benzene rings is 3. The molecule has 1 fully saturated rings. The largest absolute Gasteiger partial charge is 0.380 e. The van der Waals surface area contributed by atoms with Gasteiger partial charge in [-0.2, -0.15) is 0 Å². The van der Waals surface area contributed by atoms with E-state index in [2.05, 4.69) is 9.71 Å². The molecular weight excluding hydrogens is 524 g/mol. The second-order valence-electron chi connectivity index (χ2n) is 10.1. The molecule has 1 aliphatic rings. The standard InChI is InChI=1S/C31H38N4O4S/c1-4-34(5-2)29(36)24-16-18-28(19-17-24)32-30(33-40(3,38)39)35-22-20-27(21-23-35)31(37,25-12-8-6-9-13-25)26-14-10-7-11-15-26/h6-19,27,37H,4-5,20-23H2,1-3H3,(H,32,33). The molecule has 8 nitrogen and oxygen atoms in total. The molecule has 0 saturated carbocycles. The molecule has 3 aromatic rings. The van der Waals surface area contributed by atoms with Crippen LogP contribution in [0.25, 0.3) is 0 Å². The van der Waals surface area contributed by atoms with E-state index in [-0.39, 0.29) is 17.8 Å². The van der Waals surface area contributed by atoms with Crippen LogP contribution in [-0.4, -0.2) is 67.6 Å². The number of hydrogen-bond acceptors (Lipinski definition) is 4. The minimum absolute atomic E-state index is 0.0482. The van der Waals surface area contributed by atoms with Crippen molar-refractivity contribution in [2.24, 2.45) is 10.3 Å². The number of carbonyl (C=O) groups is 1. The summed E-state index contributed by atoms with van der Waals surface area (Å²) in [5.74, 6) is 0.0955. The molecule has 3 aromatic carbocycles. The van der Waals surface area contributed by atoms with E-state index in [1.807, 2.05) is 79.4 Å². The van der Waals surface area contributed by atoms with Crippen molar-refractivity contribution in [3.05, 3.63) is 102 Å². The average molecular weight is 563 g/mol. The molecule has 0 aromatic heterocycles. The van der Waals surface area contributed by atoms with Crippen LogP contribution in [0.3, 0.4) is 0 Å². The Labute approximate surface area is 237 Å². The lowest BCUT2D eigenvalue weighted by Crippen LogP contribution is -2.47. The molecule has 4 rings (SSSR count). The number of likely N-dealkylation sites (tertiary alicyclic amines) is 1. The van der Waals surface area contributed by atoms with Crippen molar-refractivity contribution in [2.45, 2.75) is 32.3 Å². The first kappa shape index (κ1) is 29.3. The highest BCUT2D eigenvalue weighted by atomic mass is 32.2. The zero-order valence-corrected chi connectivity index (χ0v) is 24.1. The second kappa shape index (κ2) is 12.7. The van der Waals surface area contributed by atoms with Gasteiger partial charge in [0, 0.05) is 37.4 Å². The van der Waals surface area contributed by atoms with Gasteiger partial charge in [0.1, 0.15) is 5.60 Å². The quantitative estimate of drug-likeness (QED) is 0.309. The van der Waals surface area contributed by atoms with Gasteiger partial charge in [-0.1, -0.05) is 60.7 Å². The molecule has 1 saturated heterocycles. The molecule has 0 bridgehead atoms. The second-order valence-corrected chi connectivity index (χ2v) is 11.7. The van der Waals surface area contributed by atoms with Crippen LogP contribution in [0.4, 0.5) is 5.69 Å². The van der Waals surface area contributed by atoms with Gasteiger partial charge in [0.05, 0.1) is 6.26 Å². The summed E-state index contributed by atoms with van der Waals surface area (Å²) in [5.41, 5.74) is 1.69. The van der Waals surface area contributed by atoms with Gasteiger partial charge >= 0.3 is 0 Å². The monoisotopic (exact) mass is 562 g/mol. The summed E-state index contributed by atoms with van der Waals surface area (Å²) in [6, 6.07) is 26.4. The van der Waals surface area contributed by atoms with E-state index < -0.39 is 15.6 Å². The third kappa shape index (κ3) is 6.71. The van der Waals surface area contributed by atoms with Crippen LogP contribution >= 0.6 is 0 Å². The van der Waals surface area contributed by atoms with Gasteiger partial charge in [-0.15, -0.1) is 4.40 Å². The number of nitrogens with zero attached hydrogens (tertiary/aromatic N) is 3. The fourth-order valence-corrected chi connectivity index (χ4v) is 5.84. The molecule has 0 radical (unpaired) electrons. The lowest BCUT2D eigenvalue weighted by Gasteiger charge is -2.43. The molecule has 9 heteroatoms. The molecule has 1 heterocycles. The molecule has 1 amide bonds. The van der Waals surface area contributed by atoms with Crippen molar-refractivity contribution in [2.75, 3.05) is 37.8 Å². The zero-order valence-electron chi connectivity index (χ0n) is 23.3. The third-order valence-electron chi connectivity index (χ3n) is 7.50. The molecule has 0 aliphatic carbocycles. The highest BCUT2D eigenvalue weighted by molar-refractivity contribution is 7.89. The number of guanidine groups is 1. The Morgan fingerprint density at radius 2 is 1.43 bits per heavy atom. The summed E-state index contributed by atoms with van der Waals surface area (Å²) < 4.78 is 28.4. The first-order chi connectivity index (χ1) is 19.2. The first-order valence-electron chi connectivity index (χ1n) is 13.7. The van der Waals surface area contributed by atoms with Crippen LogP contribution in [0.5, 0.6) is 0 Å². The van der Waals surface area contributed by atoms with E-state index in [9.17, 15) is 18.3 Å². The number of amides is 1. The number of hydrogen-bond donors (Lipinski definition) is 2. The molecule has 2 N–H and O–H groups in total. The number of rotatable bonds is 8. The number of piperidine rings is 1. The van der Waals surface area contributed by atoms with E-state index in [1.54, 1.807) is 29.2 Å².